The van der Waals surface area contributed by atoms with Crippen LogP contribution in [-0.4, -0.2) is 24.9 Å². The first-order valence-electron chi connectivity index (χ1n) is 9.67. The van der Waals surface area contributed by atoms with Crippen LogP contribution in [0.15, 0.2) is 77.9 Å². The van der Waals surface area contributed by atoms with Gasteiger partial charge in [-0.2, -0.15) is 5.10 Å². The van der Waals surface area contributed by atoms with E-state index in [2.05, 4.69) is 29.3 Å². The monoisotopic (exact) mass is 386 g/mol. The number of methoxy groups -OCH3 is 2. The number of nitrogens with zero attached hydrogens (tertiary/aromatic N) is 2. The maximum atomic E-state index is 6.37. The van der Waals surface area contributed by atoms with Gasteiger partial charge in [-0.15, -0.1) is 0 Å². The summed E-state index contributed by atoms with van der Waals surface area (Å²) >= 11 is 0. The first kappa shape index (κ1) is 17.6. The number of ether oxygens (including phenoxy) is 3. The van der Waals surface area contributed by atoms with Crippen molar-refractivity contribution in [2.24, 2.45) is 5.10 Å². The predicted octanol–water partition coefficient (Wildman–Crippen LogP) is 4.95. The third-order valence-corrected chi connectivity index (χ3v) is 5.50. The number of benzene rings is 3. The SMILES string of the molecule is COc1ccc(C2=NN3[C@H](C2)c2ccccc2O[C@@H]3c2ccccc2)cc1OC. The minimum absolute atomic E-state index is 0.133. The lowest BCUT2D eigenvalue weighted by atomic mass is 9.96. The summed E-state index contributed by atoms with van der Waals surface area (Å²) in [4.78, 5) is 0. The van der Waals surface area contributed by atoms with Crippen LogP contribution in [0.4, 0.5) is 0 Å². The Bertz CT molecular complexity index is 1060. The predicted molar refractivity (Wildman–Crippen MR) is 112 cm³/mol. The van der Waals surface area contributed by atoms with Gasteiger partial charge in [-0.1, -0.05) is 48.5 Å². The molecule has 2 atom stereocenters. The zero-order chi connectivity index (χ0) is 19.8. The molecule has 2 aliphatic heterocycles. The molecular formula is C24H22N2O3. The number of rotatable bonds is 4. The van der Waals surface area contributed by atoms with Crippen molar-refractivity contribution in [2.75, 3.05) is 14.2 Å². The Morgan fingerprint density at radius 3 is 2.45 bits per heavy atom. The summed E-state index contributed by atoms with van der Waals surface area (Å²) in [5, 5.41) is 7.08. The van der Waals surface area contributed by atoms with Crippen molar-refractivity contribution in [3.63, 3.8) is 0 Å². The van der Waals surface area contributed by atoms with Crippen LogP contribution in [0.3, 0.4) is 0 Å². The zero-order valence-corrected chi connectivity index (χ0v) is 16.4. The number of para-hydroxylation sites is 1. The summed E-state index contributed by atoms with van der Waals surface area (Å²) in [6.45, 7) is 0. The fourth-order valence-corrected chi connectivity index (χ4v) is 4.06. The first-order valence-corrected chi connectivity index (χ1v) is 9.67. The van der Waals surface area contributed by atoms with Crippen LogP contribution in [0.2, 0.25) is 0 Å². The average molecular weight is 386 g/mol. The molecule has 0 unspecified atom stereocenters. The molecule has 2 aliphatic rings. The molecule has 0 fully saturated rings. The van der Waals surface area contributed by atoms with Crippen LogP contribution < -0.4 is 14.2 Å². The van der Waals surface area contributed by atoms with E-state index in [-0.39, 0.29) is 12.3 Å². The van der Waals surface area contributed by atoms with Gasteiger partial charge in [0.1, 0.15) is 5.75 Å². The molecule has 0 saturated carbocycles. The van der Waals surface area contributed by atoms with E-state index >= 15 is 0 Å². The number of hydrogen-bond acceptors (Lipinski definition) is 5. The molecule has 0 bridgehead atoms. The highest BCUT2D eigenvalue weighted by Gasteiger charge is 2.40. The molecular weight excluding hydrogens is 364 g/mol. The standard InChI is InChI=1S/C24H22N2O3/c1-27-22-13-12-17(14-23(22)28-2)19-15-20-18-10-6-7-11-21(18)29-24(26(20)25-19)16-8-4-3-5-9-16/h3-14,20,24H,15H2,1-2H3/t20-,24-/m1/s1. The molecule has 0 aromatic heterocycles. The Balaban J connectivity index is 1.57. The summed E-state index contributed by atoms with van der Waals surface area (Å²) in [5.41, 5.74) is 4.29. The van der Waals surface area contributed by atoms with Crippen LogP contribution in [-0.2, 0) is 0 Å². The van der Waals surface area contributed by atoms with E-state index < -0.39 is 0 Å². The fourth-order valence-electron chi connectivity index (χ4n) is 4.06. The Morgan fingerprint density at radius 2 is 1.66 bits per heavy atom. The quantitative estimate of drug-likeness (QED) is 0.637. The maximum Gasteiger partial charge on any atom is 0.213 e. The maximum absolute atomic E-state index is 6.37. The second kappa shape index (κ2) is 7.17. The minimum atomic E-state index is -0.256. The Kier molecular flexibility index (Phi) is 4.35. The molecule has 29 heavy (non-hydrogen) atoms. The Hall–Kier alpha value is -3.47. The van der Waals surface area contributed by atoms with E-state index in [9.17, 15) is 0 Å². The van der Waals surface area contributed by atoms with E-state index in [1.807, 2.05) is 48.5 Å². The van der Waals surface area contributed by atoms with Crippen LogP contribution in [0.1, 0.15) is 35.4 Å². The van der Waals surface area contributed by atoms with Crippen molar-refractivity contribution in [3.05, 3.63) is 89.5 Å². The summed E-state index contributed by atoms with van der Waals surface area (Å²) in [6, 6.07) is 24.5. The van der Waals surface area contributed by atoms with E-state index in [4.69, 9.17) is 19.3 Å². The number of fused-ring (bicyclic) bond motifs is 3. The van der Waals surface area contributed by atoms with Crippen LogP contribution in [0, 0.1) is 0 Å². The van der Waals surface area contributed by atoms with E-state index in [1.165, 1.54) is 5.56 Å². The smallest absolute Gasteiger partial charge is 0.213 e. The molecule has 5 nitrogen and oxygen atoms in total. The van der Waals surface area contributed by atoms with Crippen LogP contribution >= 0.6 is 0 Å². The van der Waals surface area contributed by atoms with Gasteiger partial charge in [-0.3, -0.25) is 0 Å². The van der Waals surface area contributed by atoms with Gasteiger partial charge in [0.2, 0.25) is 6.23 Å². The second-order valence-corrected chi connectivity index (χ2v) is 7.14. The first-order chi connectivity index (χ1) is 14.3. The third-order valence-electron chi connectivity index (χ3n) is 5.50. The molecule has 0 aliphatic carbocycles. The second-order valence-electron chi connectivity index (χ2n) is 7.14. The van der Waals surface area contributed by atoms with Crippen molar-refractivity contribution < 1.29 is 14.2 Å². The van der Waals surface area contributed by atoms with Gasteiger partial charge in [0.25, 0.3) is 0 Å². The molecule has 0 spiro atoms. The molecule has 0 amide bonds. The lowest BCUT2D eigenvalue weighted by Gasteiger charge is -2.38. The van der Waals surface area contributed by atoms with Crippen LogP contribution in [0.25, 0.3) is 0 Å². The molecule has 0 saturated heterocycles. The lowest BCUT2D eigenvalue weighted by Crippen LogP contribution is -2.33. The normalized spacial score (nSPS) is 19.7. The Morgan fingerprint density at radius 1 is 0.897 bits per heavy atom. The van der Waals surface area contributed by atoms with Gasteiger partial charge in [-0.05, 0) is 24.3 Å². The van der Waals surface area contributed by atoms with Gasteiger partial charge in [0.05, 0.1) is 26.0 Å². The molecule has 0 radical (unpaired) electrons. The summed E-state index contributed by atoms with van der Waals surface area (Å²) in [7, 11) is 3.29. The molecule has 146 valence electrons. The molecule has 2 heterocycles. The minimum Gasteiger partial charge on any atom is -0.493 e. The van der Waals surface area contributed by atoms with Gasteiger partial charge < -0.3 is 14.2 Å². The van der Waals surface area contributed by atoms with E-state index in [1.54, 1.807) is 14.2 Å². The van der Waals surface area contributed by atoms with Crippen LogP contribution in [0.5, 0.6) is 17.2 Å². The number of hydrogen-bond donors (Lipinski definition) is 0. The fraction of sp³-hybridized carbons (Fsp3) is 0.208. The van der Waals surface area contributed by atoms with Gasteiger partial charge in [-0.25, -0.2) is 5.01 Å². The zero-order valence-electron chi connectivity index (χ0n) is 16.4. The van der Waals surface area contributed by atoms with Crippen molar-refractivity contribution in [1.82, 2.24) is 5.01 Å². The van der Waals surface area contributed by atoms with E-state index in [0.29, 0.717) is 11.5 Å². The molecule has 5 rings (SSSR count). The average Bonchev–Trinajstić information content (AvgIpc) is 3.24. The summed E-state index contributed by atoms with van der Waals surface area (Å²) in [5.74, 6) is 2.34. The summed E-state index contributed by atoms with van der Waals surface area (Å²) in [6.07, 6.45) is 0.549. The Labute approximate surface area is 170 Å². The molecule has 5 heteroatoms. The molecule has 3 aromatic carbocycles. The molecule has 0 N–H and O–H groups in total. The highest BCUT2D eigenvalue weighted by Crippen LogP contribution is 2.47. The van der Waals surface area contributed by atoms with Gasteiger partial charge >= 0.3 is 0 Å². The topological polar surface area (TPSA) is 43.3 Å². The van der Waals surface area contributed by atoms with Gasteiger partial charge in [0.15, 0.2) is 11.5 Å². The van der Waals surface area contributed by atoms with Crippen molar-refractivity contribution in [3.8, 4) is 17.2 Å². The van der Waals surface area contributed by atoms with Crippen molar-refractivity contribution in [2.45, 2.75) is 18.7 Å². The highest BCUT2D eigenvalue weighted by atomic mass is 16.5. The highest BCUT2D eigenvalue weighted by molar-refractivity contribution is 6.02. The number of hydrazone groups is 1. The third kappa shape index (κ3) is 2.99. The summed E-state index contributed by atoms with van der Waals surface area (Å²) < 4.78 is 17.2. The van der Waals surface area contributed by atoms with E-state index in [0.717, 1.165) is 29.0 Å². The molecule has 3 aromatic rings. The lowest BCUT2D eigenvalue weighted by molar-refractivity contribution is -0.0190. The largest absolute Gasteiger partial charge is 0.493 e. The van der Waals surface area contributed by atoms with Gasteiger partial charge in [0, 0.05) is 23.1 Å². The van der Waals surface area contributed by atoms with Crippen molar-refractivity contribution >= 4 is 5.71 Å². The van der Waals surface area contributed by atoms with Crippen molar-refractivity contribution in [1.29, 1.82) is 0 Å².